The lowest BCUT2D eigenvalue weighted by atomic mass is 10.0. The highest BCUT2D eigenvalue weighted by molar-refractivity contribution is 7.92. The molecule has 0 atom stereocenters. The van der Waals surface area contributed by atoms with Gasteiger partial charge in [0, 0.05) is 14.1 Å². The summed E-state index contributed by atoms with van der Waals surface area (Å²) in [5, 5.41) is 2.09. The Balaban J connectivity index is 1.84. The molecule has 8 nitrogen and oxygen atoms in total. The van der Waals surface area contributed by atoms with Crippen LogP contribution in [0.2, 0.25) is 0 Å². The third-order valence-electron chi connectivity index (χ3n) is 6.44. The zero-order valence-electron chi connectivity index (χ0n) is 19.0. The summed E-state index contributed by atoms with van der Waals surface area (Å²) in [7, 11) is -0.993. The van der Waals surface area contributed by atoms with Gasteiger partial charge in [-0.1, -0.05) is 31.4 Å². The van der Waals surface area contributed by atoms with Crippen LogP contribution >= 0.6 is 0 Å². The van der Waals surface area contributed by atoms with E-state index < -0.39 is 37.9 Å². The molecule has 0 radical (unpaired) electrons. The van der Waals surface area contributed by atoms with Gasteiger partial charge in [0.25, 0.3) is 0 Å². The van der Waals surface area contributed by atoms with E-state index in [0.29, 0.717) is 23.9 Å². The summed E-state index contributed by atoms with van der Waals surface area (Å²) in [4.78, 5) is 37.4. The van der Waals surface area contributed by atoms with E-state index in [9.17, 15) is 27.2 Å². The Morgan fingerprint density at radius 1 is 0.971 bits per heavy atom. The van der Waals surface area contributed by atoms with Gasteiger partial charge in [0.05, 0.1) is 33.3 Å². The number of nitrogens with zero attached hydrogens (tertiary/aromatic N) is 2. The van der Waals surface area contributed by atoms with E-state index in [1.807, 2.05) is 0 Å². The van der Waals surface area contributed by atoms with E-state index in [2.05, 4.69) is 5.32 Å². The van der Waals surface area contributed by atoms with Gasteiger partial charge < -0.3 is 14.5 Å². The Hall–Kier alpha value is -3.27. The number of fused-ring (bicyclic) bond motifs is 1. The van der Waals surface area contributed by atoms with Crippen molar-refractivity contribution in [2.24, 2.45) is 14.1 Å². The summed E-state index contributed by atoms with van der Waals surface area (Å²) >= 11 is 0. The van der Waals surface area contributed by atoms with Crippen LogP contribution in [-0.2, 0) is 35.1 Å². The normalized spacial score (nSPS) is 14.9. The zero-order chi connectivity index (χ0) is 24.6. The number of anilines is 1. The Morgan fingerprint density at radius 2 is 1.53 bits per heavy atom. The SMILES string of the molecule is Cn1c(=O)c(=O)n(C)c2cc(S(=O)(=O)C3CCCCC3)c(NC(=O)Cc3ccc(F)cc3)cc21. The quantitative estimate of drug-likeness (QED) is 0.557. The molecule has 0 unspecified atom stereocenters. The van der Waals surface area contributed by atoms with Gasteiger partial charge in [-0.2, -0.15) is 0 Å². The van der Waals surface area contributed by atoms with E-state index in [-0.39, 0.29) is 22.5 Å². The van der Waals surface area contributed by atoms with Gasteiger partial charge in [-0.15, -0.1) is 0 Å². The number of aryl methyl sites for hydroxylation is 2. The average Bonchev–Trinajstić information content (AvgIpc) is 2.83. The molecule has 2 aromatic carbocycles. The first-order valence-corrected chi connectivity index (χ1v) is 12.7. The van der Waals surface area contributed by atoms with Crippen molar-refractivity contribution in [3.05, 3.63) is 68.5 Å². The first kappa shape index (κ1) is 23.9. The molecule has 1 N–H and O–H groups in total. The van der Waals surface area contributed by atoms with Crippen LogP contribution in [-0.4, -0.2) is 28.7 Å². The molecule has 0 aliphatic heterocycles. The van der Waals surface area contributed by atoms with Crippen molar-refractivity contribution < 1.29 is 17.6 Å². The van der Waals surface area contributed by atoms with Gasteiger partial charge >= 0.3 is 11.1 Å². The molecule has 34 heavy (non-hydrogen) atoms. The van der Waals surface area contributed by atoms with Crippen molar-refractivity contribution in [3.8, 4) is 0 Å². The highest BCUT2D eigenvalue weighted by Gasteiger charge is 2.32. The second kappa shape index (κ2) is 9.17. The maximum Gasteiger partial charge on any atom is 0.316 e. The Labute approximate surface area is 195 Å². The van der Waals surface area contributed by atoms with Crippen LogP contribution < -0.4 is 16.4 Å². The molecule has 0 spiro atoms. The van der Waals surface area contributed by atoms with Crippen molar-refractivity contribution in [2.45, 2.75) is 48.7 Å². The fourth-order valence-electron chi connectivity index (χ4n) is 4.47. The molecule has 10 heteroatoms. The number of sulfone groups is 1. The molecule has 0 bridgehead atoms. The van der Waals surface area contributed by atoms with Gasteiger partial charge in [-0.05, 0) is 42.7 Å². The maximum atomic E-state index is 13.6. The van der Waals surface area contributed by atoms with Crippen molar-refractivity contribution in [1.29, 1.82) is 0 Å². The highest BCUT2D eigenvalue weighted by atomic mass is 32.2. The minimum absolute atomic E-state index is 0.0545. The van der Waals surface area contributed by atoms with Gasteiger partial charge in [-0.25, -0.2) is 12.8 Å². The Morgan fingerprint density at radius 3 is 2.12 bits per heavy atom. The molecular weight excluding hydrogens is 461 g/mol. The predicted octanol–water partition coefficient (Wildman–Crippen LogP) is 2.66. The molecule has 3 aromatic rings. The number of benzene rings is 2. The molecule has 1 aromatic heterocycles. The van der Waals surface area contributed by atoms with Gasteiger partial charge in [-0.3, -0.25) is 14.4 Å². The average molecular weight is 488 g/mol. The van der Waals surface area contributed by atoms with Gasteiger partial charge in [0.15, 0.2) is 9.84 Å². The van der Waals surface area contributed by atoms with Crippen molar-refractivity contribution in [1.82, 2.24) is 9.13 Å². The summed E-state index contributed by atoms with van der Waals surface area (Å²) in [5.41, 5.74) is -0.333. The van der Waals surface area contributed by atoms with E-state index in [0.717, 1.165) is 28.4 Å². The molecule has 1 amide bonds. The number of carbonyl (C=O) groups excluding carboxylic acids is 1. The highest BCUT2D eigenvalue weighted by Crippen LogP contribution is 2.34. The van der Waals surface area contributed by atoms with Crippen LogP contribution in [0.4, 0.5) is 10.1 Å². The van der Waals surface area contributed by atoms with Crippen LogP contribution in [0.15, 0.2) is 50.9 Å². The summed E-state index contributed by atoms with van der Waals surface area (Å²) in [6, 6.07) is 8.24. The molecule has 1 heterocycles. The number of hydrogen-bond acceptors (Lipinski definition) is 5. The molecule has 4 rings (SSSR count). The summed E-state index contributed by atoms with van der Waals surface area (Å²) in [6.07, 6.45) is 3.54. The number of hydrogen-bond donors (Lipinski definition) is 1. The second-order valence-corrected chi connectivity index (χ2v) is 10.9. The van der Waals surface area contributed by atoms with E-state index in [4.69, 9.17) is 0 Å². The standard InChI is InChI=1S/C24H26FN3O5S/c1-27-19-13-18(26-22(29)12-15-8-10-16(25)11-9-15)21(14-20(19)28(2)24(31)23(27)30)34(32,33)17-6-4-3-5-7-17/h8-11,13-14,17H,3-7,12H2,1-2H3,(H,26,29). The summed E-state index contributed by atoms with van der Waals surface area (Å²) in [5.74, 6) is -0.910. The summed E-state index contributed by atoms with van der Waals surface area (Å²) in [6.45, 7) is 0. The first-order valence-electron chi connectivity index (χ1n) is 11.1. The molecule has 1 aliphatic carbocycles. The monoisotopic (exact) mass is 487 g/mol. The van der Waals surface area contributed by atoms with Gasteiger partial charge in [0.2, 0.25) is 5.91 Å². The molecule has 180 valence electrons. The molecule has 0 saturated heterocycles. The second-order valence-electron chi connectivity index (χ2n) is 8.72. The number of halogens is 1. The number of carbonyl (C=O) groups is 1. The van der Waals surface area contributed by atoms with Crippen LogP contribution in [0.5, 0.6) is 0 Å². The Bertz CT molecular complexity index is 1480. The Kier molecular flexibility index (Phi) is 6.44. The maximum absolute atomic E-state index is 13.6. The van der Waals surface area contributed by atoms with Crippen molar-refractivity contribution in [3.63, 3.8) is 0 Å². The predicted molar refractivity (Wildman–Crippen MR) is 127 cm³/mol. The third kappa shape index (κ3) is 4.42. The number of rotatable bonds is 5. The van der Waals surface area contributed by atoms with Crippen molar-refractivity contribution >= 4 is 32.5 Å². The van der Waals surface area contributed by atoms with E-state index in [1.54, 1.807) is 0 Å². The van der Waals surface area contributed by atoms with Crippen LogP contribution in [0.25, 0.3) is 11.0 Å². The minimum atomic E-state index is -3.83. The van der Waals surface area contributed by atoms with Crippen molar-refractivity contribution in [2.75, 3.05) is 5.32 Å². The topological polar surface area (TPSA) is 107 Å². The largest absolute Gasteiger partial charge is 0.325 e. The fourth-order valence-corrected chi connectivity index (χ4v) is 6.48. The zero-order valence-corrected chi connectivity index (χ0v) is 19.8. The number of nitrogens with one attached hydrogen (secondary N) is 1. The molecule has 1 fully saturated rings. The van der Waals surface area contributed by atoms with E-state index >= 15 is 0 Å². The molecular formula is C24H26FN3O5S. The lowest BCUT2D eigenvalue weighted by molar-refractivity contribution is -0.115. The first-order chi connectivity index (χ1) is 16.1. The van der Waals surface area contributed by atoms with Gasteiger partial charge in [0.1, 0.15) is 5.82 Å². The number of amides is 1. The summed E-state index contributed by atoms with van der Waals surface area (Å²) < 4.78 is 42.7. The smallest absolute Gasteiger partial charge is 0.316 e. The van der Waals surface area contributed by atoms with Crippen LogP contribution in [0.1, 0.15) is 37.7 Å². The fraction of sp³-hybridized carbons (Fsp3) is 0.375. The van der Waals surface area contributed by atoms with Crippen LogP contribution in [0, 0.1) is 5.82 Å². The number of aromatic nitrogens is 2. The minimum Gasteiger partial charge on any atom is -0.325 e. The molecule has 1 aliphatic rings. The molecule has 1 saturated carbocycles. The van der Waals surface area contributed by atoms with Crippen LogP contribution in [0.3, 0.4) is 0 Å². The third-order valence-corrected chi connectivity index (χ3v) is 8.74. The lowest BCUT2D eigenvalue weighted by Gasteiger charge is -2.24. The van der Waals surface area contributed by atoms with E-state index in [1.165, 1.54) is 50.5 Å². The lowest BCUT2D eigenvalue weighted by Crippen LogP contribution is -2.39.